The van der Waals surface area contributed by atoms with Crippen molar-refractivity contribution in [3.8, 4) is 11.4 Å². The number of hydrogen-bond donors (Lipinski definition) is 2. The Morgan fingerprint density at radius 1 is 1.19 bits per heavy atom. The summed E-state index contributed by atoms with van der Waals surface area (Å²) in [7, 11) is -3.27. The maximum Gasteiger partial charge on any atom is 0.290 e. The van der Waals surface area contributed by atoms with Crippen LogP contribution >= 0.6 is 0 Å². The Balaban J connectivity index is 0.000000858. The second kappa shape index (κ2) is 9.98. The standard InChI is InChI=1S/C18H20N6O3S.CH2O2/c25-17(4-10-23-9-1-5-21-23)22-15-12-28(26,27)13-16(15)24-11-8-20-18(24)14-2-6-19-7-3-14;2-1-3/h1-3,5-9,11,15-16H,4,10,12-13H2,(H,22,25);1H,(H,2,3)/t15-,16-;/m1./s1. The maximum atomic E-state index is 12.4. The Morgan fingerprint density at radius 2 is 1.94 bits per heavy atom. The topological polar surface area (TPSA) is 149 Å². The lowest BCUT2D eigenvalue weighted by atomic mass is 10.1. The summed E-state index contributed by atoms with van der Waals surface area (Å²) in [6, 6.07) is 4.51. The zero-order valence-electron chi connectivity index (χ0n) is 16.5. The van der Waals surface area contributed by atoms with E-state index in [-0.39, 0.29) is 30.3 Å². The van der Waals surface area contributed by atoms with Crippen LogP contribution in [0.2, 0.25) is 0 Å². The van der Waals surface area contributed by atoms with Gasteiger partial charge in [0.15, 0.2) is 9.84 Å². The number of imidazole rings is 1. The molecule has 0 aromatic carbocycles. The van der Waals surface area contributed by atoms with Gasteiger partial charge in [-0.2, -0.15) is 5.10 Å². The zero-order chi connectivity index (χ0) is 22.3. The number of nitrogens with zero attached hydrogens (tertiary/aromatic N) is 5. The second-order valence-corrected chi connectivity index (χ2v) is 8.99. The Kier molecular flexibility index (Phi) is 7.13. The van der Waals surface area contributed by atoms with E-state index in [2.05, 4.69) is 20.4 Å². The van der Waals surface area contributed by atoms with Gasteiger partial charge in [-0.3, -0.25) is 19.3 Å². The second-order valence-electron chi connectivity index (χ2n) is 6.84. The molecule has 164 valence electrons. The van der Waals surface area contributed by atoms with Crippen LogP contribution in [0.1, 0.15) is 12.5 Å². The molecule has 2 N–H and O–H groups in total. The number of sulfone groups is 1. The third-order valence-electron chi connectivity index (χ3n) is 4.76. The first-order chi connectivity index (χ1) is 14.9. The van der Waals surface area contributed by atoms with Crippen LogP contribution in [-0.4, -0.2) is 67.8 Å². The fourth-order valence-corrected chi connectivity index (χ4v) is 5.38. The van der Waals surface area contributed by atoms with Gasteiger partial charge in [-0.05, 0) is 18.2 Å². The number of aromatic nitrogens is 5. The van der Waals surface area contributed by atoms with Crippen LogP contribution in [0.15, 0.2) is 55.4 Å². The number of hydrogen-bond acceptors (Lipinski definition) is 7. The van der Waals surface area contributed by atoms with Gasteiger partial charge < -0.3 is 15.0 Å². The summed E-state index contributed by atoms with van der Waals surface area (Å²) >= 11 is 0. The van der Waals surface area contributed by atoms with Gasteiger partial charge in [-0.1, -0.05) is 0 Å². The molecular formula is C19H22N6O5S. The Bertz CT molecular complexity index is 1100. The fourth-order valence-electron chi connectivity index (χ4n) is 3.47. The van der Waals surface area contributed by atoms with Crippen molar-refractivity contribution in [2.24, 2.45) is 0 Å². The molecule has 0 unspecified atom stereocenters. The Morgan fingerprint density at radius 3 is 2.61 bits per heavy atom. The van der Waals surface area contributed by atoms with Crippen LogP contribution in [0, 0.1) is 0 Å². The molecule has 1 aliphatic rings. The largest absolute Gasteiger partial charge is 0.483 e. The van der Waals surface area contributed by atoms with Crippen LogP contribution in [0.5, 0.6) is 0 Å². The summed E-state index contributed by atoms with van der Waals surface area (Å²) in [4.78, 5) is 29.1. The lowest BCUT2D eigenvalue weighted by molar-refractivity contribution is -0.123. The summed E-state index contributed by atoms with van der Waals surface area (Å²) in [6.07, 6.45) is 10.4. The number of rotatable bonds is 6. The van der Waals surface area contributed by atoms with E-state index in [0.29, 0.717) is 12.4 Å². The summed E-state index contributed by atoms with van der Waals surface area (Å²) < 4.78 is 28.1. The van der Waals surface area contributed by atoms with E-state index in [4.69, 9.17) is 9.90 Å². The normalized spacial score (nSPS) is 19.2. The summed E-state index contributed by atoms with van der Waals surface area (Å²) in [5.74, 6) is 0.332. The summed E-state index contributed by atoms with van der Waals surface area (Å²) in [5.41, 5.74) is 0.841. The van der Waals surface area contributed by atoms with E-state index in [9.17, 15) is 13.2 Å². The van der Waals surface area contributed by atoms with E-state index in [1.165, 1.54) is 0 Å². The Labute approximate surface area is 178 Å². The van der Waals surface area contributed by atoms with Crippen LogP contribution < -0.4 is 5.32 Å². The van der Waals surface area contributed by atoms with Crippen molar-refractivity contribution in [3.05, 3.63) is 55.4 Å². The highest BCUT2D eigenvalue weighted by atomic mass is 32.2. The minimum Gasteiger partial charge on any atom is -0.483 e. The van der Waals surface area contributed by atoms with E-state index >= 15 is 0 Å². The number of amides is 1. The predicted octanol–water partition coefficient (Wildman–Crippen LogP) is 0.387. The minimum atomic E-state index is -3.27. The Hall–Kier alpha value is -3.54. The average molecular weight is 446 g/mol. The number of carboxylic acid groups (broad SMARTS) is 1. The lowest BCUT2D eigenvalue weighted by Gasteiger charge is -2.22. The molecule has 0 aliphatic carbocycles. The molecule has 1 saturated heterocycles. The van der Waals surface area contributed by atoms with Crippen LogP contribution in [-0.2, 0) is 26.0 Å². The molecule has 0 radical (unpaired) electrons. The highest BCUT2D eigenvalue weighted by Gasteiger charge is 2.40. The fraction of sp³-hybridized carbons (Fsp3) is 0.316. The van der Waals surface area contributed by atoms with Gasteiger partial charge in [-0.25, -0.2) is 13.4 Å². The van der Waals surface area contributed by atoms with Crippen molar-refractivity contribution in [2.45, 2.75) is 25.0 Å². The molecule has 1 aliphatic heterocycles. The average Bonchev–Trinajstić information content (AvgIpc) is 3.47. The van der Waals surface area contributed by atoms with Crippen molar-refractivity contribution >= 4 is 22.2 Å². The smallest absolute Gasteiger partial charge is 0.290 e. The molecule has 31 heavy (non-hydrogen) atoms. The van der Waals surface area contributed by atoms with E-state index in [0.717, 1.165) is 5.56 Å². The highest BCUT2D eigenvalue weighted by molar-refractivity contribution is 7.91. The van der Waals surface area contributed by atoms with E-state index in [1.54, 1.807) is 47.9 Å². The van der Waals surface area contributed by atoms with Crippen LogP contribution in [0.25, 0.3) is 11.4 Å². The van der Waals surface area contributed by atoms with Gasteiger partial charge in [0, 0.05) is 55.7 Å². The third kappa shape index (κ3) is 5.75. The highest BCUT2D eigenvalue weighted by Crippen LogP contribution is 2.29. The number of aryl methyl sites for hydroxylation is 1. The molecule has 4 rings (SSSR count). The summed E-state index contributed by atoms with van der Waals surface area (Å²) in [6.45, 7) is 0.191. The first-order valence-corrected chi connectivity index (χ1v) is 11.2. The van der Waals surface area contributed by atoms with Gasteiger partial charge in [0.05, 0.1) is 23.6 Å². The first kappa shape index (κ1) is 22.2. The monoisotopic (exact) mass is 446 g/mol. The van der Waals surface area contributed by atoms with Crippen molar-refractivity contribution in [3.63, 3.8) is 0 Å². The van der Waals surface area contributed by atoms with Gasteiger partial charge in [0.2, 0.25) is 5.91 Å². The number of carbonyl (C=O) groups excluding carboxylic acids is 1. The molecule has 1 fully saturated rings. The SMILES string of the molecule is O=C(CCn1cccn1)N[C@@H]1CS(=O)(=O)C[C@H]1n1ccnc1-c1ccncc1.O=CO. The number of carbonyl (C=O) groups is 2. The lowest BCUT2D eigenvalue weighted by Crippen LogP contribution is -2.41. The van der Waals surface area contributed by atoms with Crippen LogP contribution in [0.4, 0.5) is 0 Å². The van der Waals surface area contributed by atoms with Gasteiger partial charge in [0.1, 0.15) is 5.82 Å². The van der Waals surface area contributed by atoms with Crippen molar-refractivity contribution in [1.82, 2.24) is 29.6 Å². The number of pyridine rings is 1. The number of nitrogens with one attached hydrogen (secondary N) is 1. The quantitative estimate of drug-likeness (QED) is 0.516. The van der Waals surface area contributed by atoms with Crippen LogP contribution in [0.3, 0.4) is 0 Å². The molecule has 0 saturated carbocycles. The van der Waals surface area contributed by atoms with Crippen molar-refractivity contribution in [1.29, 1.82) is 0 Å². The minimum absolute atomic E-state index is 0.0362. The molecule has 0 bridgehead atoms. The molecule has 1 amide bonds. The maximum absolute atomic E-state index is 12.4. The van der Waals surface area contributed by atoms with Gasteiger partial charge in [-0.15, -0.1) is 0 Å². The van der Waals surface area contributed by atoms with Gasteiger partial charge >= 0.3 is 0 Å². The molecule has 2 atom stereocenters. The first-order valence-electron chi connectivity index (χ1n) is 9.42. The molecule has 3 aromatic heterocycles. The summed E-state index contributed by atoms with van der Waals surface area (Å²) in [5, 5.41) is 13.8. The predicted molar refractivity (Wildman–Crippen MR) is 111 cm³/mol. The van der Waals surface area contributed by atoms with Crippen molar-refractivity contribution in [2.75, 3.05) is 11.5 Å². The van der Waals surface area contributed by atoms with Crippen molar-refractivity contribution < 1.29 is 23.1 Å². The molecule has 3 aromatic rings. The van der Waals surface area contributed by atoms with E-state index in [1.807, 2.05) is 16.7 Å². The molecular weight excluding hydrogens is 424 g/mol. The molecule has 4 heterocycles. The van der Waals surface area contributed by atoms with Gasteiger partial charge in [0.25, 0.3) is 6.47 Å². The van der Waals surface area contributed by atoms with E-state index < -0.39 is 21.9 Å². The third-order valence-corrected chi connectivity index (χ3v) is 6.48. The zero-order valence-corrected chi connectivity index (χ0v) is 17.3. The molecule has 11 nitrogen and oxygen atoms in total. The molecule has 12 heteroatoms. The molecule has 0 spiro atoms.